The van der Waals surface area contributed by atoms with E-state index >= 15 is 0 Å². The summed E-state index contributed by atoms with van der Waals surface area (Å²) in [5.74, 6) is -1.49. The fourth-order valence-corrected chi connectivity index (χ4v) is 2.23. The van der Waals surface area contributed by atoms with E-state index in [1.807, 2.05) is 0 Å². The maximum atomic E-state index is 11.9. The van der Waals surface area contributed by atoms with Gasteiger partial charge in [-0.05, 0) is 12.1 Å². The molecule has 1 aliphatic rings. The van der Waals surface area contributed by atoms with Crippen molar-refractivity contribution in [3.05, 3.63) is 28.7 Å². The van der Waals surface area contributed by atoms with Crippen LogP contribution in [0.3, 0.4) is 0 Å². The zero-order chi connectivity index (χ0) is 12.9. The van der Waals surface area contributed by atoms with Crippen molar-refractivity contribution in [1.82, 2.24) is 9.55 Å². The number of para-hydroxylation sites is 1. The Kier molecular flexibility index (Phi) is 2.03. The van der Waals surface area contributed by atoms with Gasteiger partial charge in [-0.1, -0.05) is 6.07 Å². The number of hydrogen-bond donors (Lipinski definition) is 2. The molecular weight excluding hydrogens is 238 g/mol. The van der Waals surface area contributed by atoms with E-state index in [2.05, 4.69) is 4.98 Å². The highest BCUT2D eigenvalue weighted by molar-refractivity contribution is 6.06. The van der Waals surface area contributed by atoms with E-state index < -0.39 is 18.4 Å². The van der Waals surface area contributed by atoms with Gasteiger partial charge in [0.25, 0.3) is 0 Å². The fourth-order valence-electron chi connectivity index (χ4n) is 2.23. The number of anilines is 1. The molecule has 1 aromatic heterocycles. The molecule has 1 amide bonds. The van der Waals surface area contributed by atoms with Crippen LogP contribution in [0.15, 0.2) is 23.0 Å². The number of aromatic amines is 1. The van der Waals surface area contributed by atoms with Crippen LogP contribution in [0, 0.1) is 0 Å². The van der Waals surface area contributed by atoms with Crippen molar-refractivity contribution in [3.8, 4) is 0 Å². The molecule has 0 aliphatic carbocycles. The molecular formula is C11H9N3O4. The first-order valence-corrected chi connectivity index (χ1v) is 5.31. The van der Waals surface area contributed by atoms with Gasteiger partial charge in [0, 0.05) is 0 Å². The minimum atomic E-state index is -1.09. The van der Waals surface area contributed by atoms with E-state index in [0.717, 1.165) is 0 Å². The molecule has 0 radical (unpaired) electrons. The van der Waals surface area contributed by atoms with Gasteiger partial charge in [-0.15, -0.1) is 0 Å². The summed E-state index contributed by atoms with van der Waals surface area (Å²) in [6, 6.07) is 5.02. The Hall–Kier alpha value is -2.57. The Balaban J connectivity index is 2.29. The van der Waals surface area contributed by atoms with Crippen molar-refractivity contribution in [1.29, 1.82) is 0 Å². The molecule has 0 bridgehead atoms. The number of nitrogens with zero attached hydrogens (tertiary/aromatic N) is 2. The number of H-pyrrole nitrogens is 1. The maximum absolute atomic E-state index is 11.9. The number of carboxylic acid groups (broad SMARTS) is 1. The summed E-state index contributed by atoms with van der Waals surface area (Å²) in [6.07, 6.45) is 0. The molecule has 0 saturated heterocycles. The van der Waals surface area contributed by atoms with Crippen LogP contribution >= 0.6 is 0 Å². The molecule has 7 heteroatoms. The Bertz CT molecular complexity index is 727. The molecule has 3 rings (SSSR count). The summed E-state index contributed by atoms with van der Waals surface area (Å²) >= 11 is 0. The SMILES string of the molecule is O=C(O)CN1C(=O)Cn2c(=O)[nH]c3cccc1c32. The average molecular weight is 247 g/mol. The lowest BCUT2D eigenvalue weighted by molar-refractivity contribution is -0.136. The average Bonchev–Trinajstić information content (AvgIpc) is 2.62. The summed E-state index contributed by atoms with van der Waals surface area (Å²) in [5, 5.41) is 8.82. The molecule has 0 atom stereocenters. The zero-order valence-electron chi connectivity index (χ0n) is 9.21. The summed E-state index contributed by atoms with van der Waals surface area (Å²) in [7, 11) is 0. The van der Waals surface area contributed by atoms with Crippen molar-refractivity contribution in [3.63, 3.8) is 0 Å². The summed E-state index contributed by atoms with van der Waals surface area (Å²) in [4.78, 5) is 38.1. The van der Waals surface area contributed by atoms with Crippen molar-refractivity contribution in [2.75, 3.05) is 11.4 Å². The normalized spacial score (nSPS) is 14.2. The summed E-state index contributed by atoms with van der Waals surface area (Å²) in [5.41, 5.74) is 1.26. The van der Waals surface area contributed by atoms with Crippen LogP contribution < -0.4 is 10.6 Å². The highest BCUT2D eigenvalue weighted by atomic mass is 16.4. The lowest BCUT2D eigenvalue weighted by atomic mass is 10.2. The number of aromatic nitrogens is 2. The monoisotopic (exact) mass is 247 g/mol. The topological polar surface area (TPSA) is 95.4 Å². The second-order valence-corrected chi connectivity index (χ2v) is 4.06. The zero-order valence-corrected chi connectivity index (χ0v) is 9.21. The quantitative estimate of drug-likeness (QED) is 0.765. The van der Waals surface area contributed by atoms with E-state index in [1.165, 1.54) is 9.47 Å². The van der Waals surface area contributed by atoms with Crippen LogP contribution in [-0.4, -0.2) is 33.1 Å². The van der Waals surface area contributed by atoms with E-state index in [1.54, 1.807) is 18.2 Å². The molecule has 2 N–H and O–H groups in total. The highest BCUT2D eigenvalue weighted by Crippen LogP contribution is 2.28. The first-order valence-electron chi connectivity index (χ1n) is 5.31. The van der Waals surface area contributed by atoms with Crippen LogP contribution in [0.2, 0.25) is 0 Å². The standard InChI is InChI=1S/C11H9N3O4/c15-8-4-14-10-6(12-11(14)18)2-1-3-7(10)13(8)5-9(16)17/h1-3H,4-5H2,(H,12,18)(H,16,17). The molecule has 2 heterocycles. The number of aliphatic carboxylic acids is 1. The molecule has 0 fully saturated rings. The number of imidazole rings is 1. The van der Waals surface area contributed by atoms with Crippen LogP contribution in [0.25, 0.3) is 11.0 Å². The Morgan fingerprint density at radius 3 is 2.89 bits per heavy atom. The first-order chi connectivity index (χ1) is 8.58. The minimum absolute atomic E-state index is 0.136. The van der Waals surface area contributed by atoms with Crippen LogP contribution in [0.5, 0.6) is 0 Å². The number of carbonyl (C=O) groups is 2. The minimum Gasteiger partial charge on any atom is -0.480 e. The third-order valence-corrected chi connectivity index (χ3v) is 2.95. The van der Waals surface area contributed by atoms with E-state index in [9.17, 15) is 14.4 Å². The smallest absolute Gasteiger partial charge is 0.327 e. The number of rotatable bonds is 2. The molecule has 1 aliphatic heterocycles. The largest absolute Gasteiger partial charge is 0.480 e. The van der Waals surface area contributed by atoms with Crippen molar-refractivity contribution in [2.45, 2.75) is 6.54 Å². The number of amides is 1. The maximum Gasteiger partial charge on any atom is 0.327 e. The molecule has 0 unspecified atom stereocenters. The van der Waals surface area contributed by atoms with Crippen LogP contribution in [0.4, 0.5) is 5.69 Å². The van der Waals surface area contributed by atoms with Gasteiger partial charge in [0.2, 0.25) is 5.91 Å². The summed E-state index contributed by atoms with van der Waals surface area (Å²) < 4.78 is 1.32. The van der Waals surface area contributed by atoms with Crippen molar-refractivity contribution >= 4 is 28.6 Å². The van der Waals surface area contributed by atoms with Crippen molar-refractivity contribution in [2.24, 2.45) is 0 Å². The summed E-state index contributed by atoms with van der Waals surface area (Å²) in [6.45, 7) is -0.541. The molecule has 2 aromatic rings. The number of carboxylic acids is 1. The van der Waals surface area contributed by atoms with E-state index in [0.29, 0.717) is 16.7 Å². The molecule has 92 valence electrons. The third-order valence-electron chi connectivity index (χ3n) is 2.95. The second-order valence-electron chi connectivity index (χ2n) is 4.06. The third kappa shape index (κ3) is 1.33. The molecule has 0 spiro atoms. The fraction of sp³-hybridized carbons (Fsp3) is 0.182. The van der Waals surface area contributed by atoms with Crippen LogP contribution in [-0.2, 0) is 16.1 Å². The molecule has 18 heavy (non-hydrogen) atoms. The lowest BCUT2D eigenvalue weighted by Crippen LogP contribution is -2.42. The van der Waals surface area contributed by atoms with Gasteiger partial charge >= 0.3 is 11.7 Å². The molecule has 0 saturated carbocycles. The predicted octanol–water partition coefficient (Wildman–Crippen LogP) is -0.239. The molecule has 1 aromatic carbocycles. The van der Waals surface area contributed by atoms with Gasteiger partial charge in [-0.2, -0.15) is 0 Å². The van der Waals surface area contributed by atoms with E-state index in [-0.39, 0.29) is 12.2 Å². The van der Waals surface area contributed by atoms with Gasteiger partial charge in [-0.3, -0.25) is 19.1 Å². The Morgan fingerprint density at radius 1 is 1.39 bits per heavy atom. The van der Waals surface area contributed by atoms with Crippen LogP contribution in [0.1, 0.15) is 0 Å². The second kappa shape index (κ2) is 3.46. The number of hydrogen-bond acceptors (Lipinski definition) is 3. The lowest BCUT2D eigenvalue weighted by Gasteiger charge is -2.26. The highest BCUT2D eigenvalue weighted by Gasteiger charge is 2.28. The number of nitrogens with one attached hydrogen (secondary N) is 1. The van der Waals surface area contributed by atoms with E-state index in [4.69, 9.17) is 5.11 Å². The number of carbonyl (C=O) groups excluding carboxylic acids is 1. The first kappa shape index (κ1) is 10.6. The van der Waals surface area contributed by atoms with Gasteiger partial charge < -0.3 is 10.1 Å². The predicted molar refractivity (Wildman–Crippen MR) is 62.5 cm³/mol. The molecule has 7 nitrogen and oxygen atoms in total. The Morgan fingerprint density at radius 2 is 2.17 bits per heavy atom. The van der Waals surface area contributed by atoms with Gasteiger partial charge in [0.1, 0.15) is 13.1 Å². The van der Waals surface area contributed by atoms with Gasteiger partial charge in [-0.25, -0.2) is 4.79 Å². The van der Waals surface area contributed by atoms with Gasteiger partial charge in [0.05, 0.1) is 16.7 Å². The van der Waals surface area contributed by atoms with Gasteiger partial charge in [0.15, 0.2) is 0 Å². The van der Waals surface area contributed by atoms with Crippen molar-refractivity contribution < 1.29 is 14.7 Å². The Labute approximate surface area is 100 Å². The number of benzene rings is 1.